The fraction of sp³-hybridized carbons (Fsp3) is 0.571. The summed E-state index contributed by atoms with van der Waals surface area (Å²) in [5, 5.41) is 14.6. The van der Waals surface area contributed by atoms with Crippen molar-refractivity contribution >= 4 is 35.2 Å². The normalized spacial score (nSPS) is 10.1. The van der Waals surface area contributed by atoms with Crippen LogP contribution in [0.5, 0.6) is 0 Å². The van der Waals surface area contributed by atoms with Gasteiger partial charge in [0, 0.05) is 31.8 Å². The van der Waals surface area contributed by atoms with Gasteiger partial charge in [0.15, 0.2) is 0 Å². The number of unbranched alkanes of at least 4 members (excludes halogenated alkanes) is 1. The molecule has 0 radical (unpaired) electrons. The number of carbonyl (C=O) groups excluding carboxylic acids is 3. The van der Waals surface area contributed by atoms with Crippen LogP contribution in [0.25, 0.3) is 0 Å². The van der Waals surface area contributed by atoms with Crippen molar-refractivity contribution in [3.63, 3.8) is 0 Å². The summed E-state index contributed by atoms with van der Waals surface area (Å²) < 4.78 is 14.5. The number of esters is 1. The average molecular weight is 632 g/mol. The lowest BCUT2D eigenvalue weighted by atomic mass is 10.1. The molecule has 10 heteroatoms. The molecule has 2 aromatic rings. The molecule has 0 aliphatic carbocycles. The van der Waals surface area contributed by atoms with Crippen LogP contribution in [-0.4, -0.2) is 56.4 Å². The van der Waals surface area contributed by atoms with E-state index in [1.807, 2.05) is 77.1 Å². The number of aliphatic hydroxyl groups excluding tert-OH is 1. The Balaban J connectivity index is 0.00000464. The molecule has 2 rings (SSSR count). The van der Waals surface area contributed by atoms with Gasteiger partial charge >= 0.3 is 18.2 Å². The van der Waals surface area contributed by atoms with Crippen molar-refractivity contribution in [1.29, 1.82) is 0 Å². The Bertz CT molecular complexity index is 1090. The van der Waals surface area contributed by atoms with Gasteiger partial charge in [-0.1, -0.05) is 79.2 Å². The number of anilines is 3. The number of aliphatic hydroxyl groups is 1. The number of urea groups is 1. The number of aryl methyl sites for hydroxylation is 2. The molecular weight excluding hydrogens is 574 g/mol. The molecule has 3 N–H and O–H groups in total. The standard InChI is InChI=1S/C31H45N3O7.2C2H6/c1-22(2)19-34(20-23(3)4)28-14-10-25(11-15-29(36)40-21-41-31(38)39-17-7-6-16-35)18-27(28)33-30(37)32-26-12-8-24(5)9-13-26;2*1-2/h8-10,12-14,18,22-23,35H,6-7,11,15-17,19-21H2,1-5H3,(H2,32,33,37);2*1-2H3. The number of benzene rings is 2. The summed E-state index contributed by atoms with van der Waals surface area (Å²) in [6, 6.07) is 13.0. The van der Waals surface area contributed by atoms with Crippen molar-refractivity contribution in [3.8, 4) is 0 Å². The lowest BCUT2D eigenvalue weighted by Crippen LogP contribution is -2.32. The largest absolute Gasteiger partial charge is 0.511 e. The fourth-order valence-corrected chi connectivity index (χ4v) is 4.06. The van der Waals surface area contributed by atoms with Crippen LogP contribution in [0.2, 0.25) is 0 Å². The SMILES string of the molecule is CC.CC.Cc1ccc(NC(=O)Nc2cc(CCC(=O)OCOC(=O)OCCCCO)ccc2N(CC(C)C)CC(C)C)cc1. The highest BCUT2D eigenvalue weighted by molar-refractivity contribution is 6.02. The third-order valence-electron chi connectivity index (χ3n) is 5.92. The van der Waals surface area contributed by atoms with Crippen LogP contribution in [0.1, 0.15) is 85.8 Å². The number of nitrogens with zero attached hydrogens (tertiary/aromatic N) is 1. The summed E-state index contributed by atoms with van der Waals surface area (Å²) >= 11 is 0. The van der Waals surface area contributed by atoms with Gasteiger partial charge in [-0.15, -0.1) is 0 Å². The Morgan fingerprint density at radius 1 is 0.822 bits per heavy atom. The van der Waals surface area contributed by atoms with E-state index in [1.165, 1.54) is 0 Å². The van der Waals surface area contributed by atoms with Crippen LogP contribution in [0, 0.1) is 18.8 Å². The quantitative estimate of drug-likeness (QED) is 0.0962. The second-order valence-corrected chi connectivity index (χ2v) is 10.8. The van der Waals surface area contributed by atoms with Gasteiger partial charge in [-0.3, -0.25) is 4.79 Å². The Morgan fingerprint density at radius 3 is 2.02 bits per heavy atom. The van der Waals surface area contributed by atoms with E-state index in [1.54, 1.807) is 0 Å². The Labute approximate surface area is 270 Å². The maximum atomic E-state index is 13.0. The lowest BCUT2D eigenvalue weighted by Gasteiger charge is -2.30. The summed E-state index contributed by atoms with van der Waals surface area (Å²) in [7, 11) is 0. The van der Waals surface area contributed by atoms with E-state index in [0.717, 1.165) is 29.9 Å². The number of carbonyl (C=O) groups is 3. The van der Waals surface area contributed by atoms with Gasteiger partial charge in [0.2, 0.25) is 6.79 Å². The first-order valence-corrected chi connectivity index (χ1v) is 16.2. The monoisotopic (exact) mass is 631 g/mol. The first kappa shape index (κ1) is 41.2. The maximum absolute atomic E-state index is 13.0. The summed E-state index contributed by atoms with van der Waals surface area (Å²) in [6.07, 6.45) is 0.531. The van der Waals surface area contributed by atoms with Crippen molar-refractivity contribution in [2.75, 3.05) is 48.6 Å². The topological polar surface area (TPSA) is 126 Å². The molecule has 0 aliphatic rings. The van der Waals surface area contributed by atoms with Crippen molar-refractivity contribution in [2.24, 2.45) is 11.8 Å². The lowest BCUT2D eigenvalue weighted by molar-refractivity contribution is -0.153. The first-order valence-electron chi connectivity index (χ1n) is 16.2. The molecule has 0 spiro atoms. The van der Waals surface area contributed by atoms with E-state index >= 15 is 0 Å². The van der Waals surface area contributed by atoms with Crippen LogP contribution in [-0.2, 0) is 25.4 Å². The summed E-state index contributed by atoms with van der Waals surface area (Å²) in [4.78, 5) is 39.0. The third-order valence-corrected chi connectivity index (χ3v) is 5.92. The summed E-state index contributed by atoms with van der Waals surface area (Å²) in [5.74, 6) is 0.296. The van der Waals surface area contributed by atoms with Crippen molar-refractivity contribution < 1.29 is 33.7 Å². The molecule has 0 aromatic heterocycles. The molecule has 0 aliphatic heterocycles. The highest BCUT2D eigenvalue weighted by Crippen LogP contribution is 2.30. The molecule has 0 saturated heterocycles. The Morgan fingerprint density at radius 2 is 1.44 bits per heavy atom. The number of amides is 2. The highest BCUT2D eigenvalue weighted by Gasteiger charge is 2.17. The van der Waals surface area contributed by atoms with E-state index in [9.17, 15) is 14.4 Å². The maximum Gasteiger partial charge on any atom is 0.511 e. The molecule has 0 unspecified atom stereocenters. The van der Waals surface area contributed by atoms with E-state index in [-0.39, 0.29) is 25.7 Å². The number of hydrogen-bond donors (Lipinski definition) is 3. The van der Waals surface area contributed by atoms with Crippen LogP contribution in [0.3, 0.4) is 0 Å². The average Bonchev–Trinajstić information content (AvgIpc) is 3.01. The van der Waals surface area contributed by atoms with Gasteiger partial charge in [0.05, 0.1) is 18.0 Å². The molecule has 0 atom stereocenters. The molecule has 254 valence electrons. The predicted molar refractivity (Wildman–Crippen MR) is 183 cm³/mol. The van der Waals surface area contributed by atoms with Gasteiger partial charge in [0.25, 0.3) is 0 Å². The van der Waals surface area contributed by atoms with Crippen LogP contribution < -0.4 is 15.5 Å². The molecule has 45 heavy (non-hydrogen) atoms. The molecule has 10 nitrogen and oxygen atoms in total. The van der Waals surface area contributed by atoms with Crippen molar-refractivity contribution in [1.82, 2.24) is 0 Å². The van der Waals surface area contributed by atoms with Crippen LogP contribution >= 0.6 is 0 Å². The van der Waals surface area contributed by atoms with E-state index < -0.39 is 18.9 Å². The minimum atomic E-state index is -0.932. The Hall–Kier alpha value is -3.79. The van der Waals surface area contributed by atoms with Gasteiger partial charge in [-0.2, -0.15) is 0 Å². The smallest absolute Gasteiger partial charge is 0.434 e. The third kappa shape index (κ3) is 18.6. The zero-order valence-corrected chi connectivity index (χ0v) is 28.9. The predicted octanol–water partition coefficient (Wildman–Crippen LogP) is 8.17. The summed E-state index contributed by atoms with van der Waals surface area (Å²) in [5.41, 5.74) is 4.18. The molecule has 0 fully saturated rings. The van der Waals surface area contributed by atoms with E-state index in [4.69, 9.17) is 19.3 Å². The molecular formula is C35H57N3O7. The molecule has 2 aromatic carbocycles. The van der Waals surface area contributed by atoms with Gasteiger partial charge in [-0.05, 0) is 67.9 Å². The molecule has 2 amide bonds. The van der Waals surface area contributed by atoms with E-state index in [0.29, 0.717) is 42.5 Å². The fourth-order valence-electron chi connectivity index (χ4n) is 4.06. The van der Waals surface area contributed by atoms with Gasteiger partial charge in [-0.25, -0.2) is 9.59 Å². The number of rotatable bonds is 16. The second-order valence-electron chi connectivity index (χ2n) is 10.8. The molecule has 0 saturated carbocycles. The zero-order chi connectivity index (χ0) is 34.2. The van der Waals surface area contributed by atoms with E-state index in [2.05, 4.69) is 43.2 Å². The van der Waals surface area contributed by atoms with Crippen molar-refractivity contribution in [2.45, 2.75) is 88.0 Å². The number of hydrogen-bond acceptors (Lipinski definition) is 8. The Kier molecular flexibility index (Phi) is 22.5. The van der Waals surface area contributed by atoms with Crippen LogP contribution in [0.4, 0.5) is 26.7 Å². The van der Waals surface area contributed by atoms with Crippen LogP contribution in [0.15, 0.2) is 42.5 Å². The highest BCUT2D eigenvalue weighted by atomic mass is 16.8. The van der Waals surface area contributed by atoms with Gasteiger partial charge in [0.1, 0.15) is 0 Å². The van der Waals surface area contributed by atoms with Crippen molar-refractivity contribution in [3.05, 3.63) is 53.6 Å². The van der Waals surface area contributed by atoms with Gasteiger partial charge < -0.3 is 34.9 Å². The minimum absolute atomic E-state index is 0.0189. The second kappa shape index (κ2) is 24.5. The zero-order valence-electron chi connectivity index (χ0n) is 28.9. The first-order chi connectivity index (χ1) is 21.6. The number of ether oxygens (including phenoxy) is 3. The molecule has 0 heterocycles. The summed E-state index contributed by atoms with van der Waals surface area (Å²) in [6.45, 7) is 19.9. The minimum Gasteiger partial charge on any atom is -0.434 e. The molecule has 0 bridgehead atoms. The number of nitrogens with one attached hydrogen (secondary N) is 2.